The highest BCUT2D eigenvalue weighted by molar-refractivity contribution is 5.89. The molecule has 128 valence electrons. The average molecular weight is 343 g/mol. The van der Waals surface area contributed by atoms with Crippen molar-refractivity contribution in [1.29, 1.82) is 5.26 Å². The van der Waals surface area contributed by atoms with Gasteiger partial charge in [0.25, 0.3) is 0 Å². The molecule has 1 aromatic heterocycles. The molecule has 0 radical (unpaired) electrons. The van der Waals surface area contributed by atoms with Gasteiger partial charge in [0.1, 0.15) is 11.9 Å². The smallest absolute Gasteiger partial charge is 0.323 e. The number of anilines is 1. The van der Waals surface area contributed by atoms with E-state index in [4.69, 9.17) is 10.4 Å². The number of amides is 2. The van der Waals surface area contributed by atoms with Gasteiger partial charge in [-0.3, -0.25) is 10.1 Å². The van der Waals surface area contributed by atoms with Crippen molar-refractivity contribution < 1.29 is 19.1 Å². The fourth-order valence-corrected chi connectivity index (χ4v) is 2.66. The normalized spacial score (nSPS) is 16.5. The molecule has 9 heteroatoms. The molecular formula is C16H14FN5O3. The highest BCUT2D eigenvalue weighted by atomic mass is 19.1. The van der Waals surface area contributed by atoms with Gasteiger partial charge in [-0.1, -0.05) is 0 Å². The molecule has 1 unspecified atom stereocenters. The Morgan fingerprint density at radius 1 is 1.40 bits per heavy atom. The Kier molecular flexibility index (Phi) is 4.35. The third kappa shape index (κ3) is 3.42. The van der Waals surface area contributed by atoms with Crippen LogP contribution in [0.25, 0.3) is 5.69 Å². The van der Waals surface area contributed by atoms with Crippen LogP contribution in [-0.4, -0.2) is 44.9 Å². The van der Waals surface area contributed by atoms with Crippen molar-refractivity contribution in [2.24, 2.45) is 5.92 Å². The lowest BCUT2D eigenvalue weighted by molar-refractivity contribution is -0.141. The molecule has 1 aromatic carbocycles. The number of hydrogen-bond acceptors (Lipinski definition) is 4. The summed E-state index contributed by atoms with van der Waals surface area (Å²) in [5.74, 6) is -1.75. The van der Waals surface area contributed by atoms with Crippen LogP contribution in [0.15, 0.2) is 30.5 Å². The van der Waals surface area contributed by atoms with E-state index in [1.807, 2.05) is 6.07 Å². The van der Waals surface area contributed by atoms with Crippen LogP contribution in [0.2, 0.25) is 0 Å². The minimum Gasteiger partial charge on any atom is -0.481 e. The maximum atomic E-state index is 13.2. The summed E-state index contributed by atoms with van der Waals surface area (Å²) < 4.78 is 14.6. The van der Waals surface area contributed by atoms with Crippen molar-refractivity contribution in [1.82, 2.24) is 14.7 Å². The number of nitriles is 1. The number of carbonyl (C=O) groups excluding carboxylic acids is 1. The molecule has 0 bridgehead atoms. The first-order chi connectivity index (χ1) is 12.0. The number of hydrogen-bond donors (Lipinski definition) is 2. The predicted molar refractivity (Wildman–Crippen MR) is 84.6 cm³/mol. The lowest BCUT2D eigenvalue weighted by atomic mass is 10.1. The van der Waals surface area contributed by atoms with Gasteiger partial charge in [-0.25, -0.2) is 13.9 Å². The number of aromatic nitrogens is 2. The molecule has 0 spiro atoms. The van der Waals surface area contributed by atoms with E-state index < -0.39 is 23.7 Å². The summed E-state index contributed by atoms with van der Waals surface area (Å²) in [6.45, 7) is 0.512. The number of rotatable bonds is 3. The molecule has 1 saturated heterocycles. The number of halogens is 1. The van der Waals surface area contributed by atoms with Crippen molar-refractivity contribution in [2.75, 3.05) is 18.4 Å². The third-order valence-corrected chi connectivity index (χ3v) is 3.97. The number of benzene rings is 1. The maximum absolute atomic E-state index is 13.2. The summed E-state index contributed by atoms with van der Waals surface area (Å²) in [5, 5.41) is 24.8. The van der Waals surface area contributed by atoms with Crippen LogP contribution in [0.1, 0.15) is 12.0 Å². The lowest BCUT2D eigenvalue weighted by Crippen LogP contribution is -2.33. The third-order valence-electron chi connectivity index (χ3n) is 3.97. The van der Waals surface area contributed by atoms with Crippen LogP contribution in [0, 0.1) is 23.1 Å². The number of urea groups is 1. The van der Waals surface area contributed by atoms with Gasteiger partial charge in [-0.15, -0.1) is 5.10 Å². The molecule has 2 aromatic rings. The SMILES string of the molecule is N#Cc1cc(F)ccc1-n1ccc(NC(=O)N2CCC(C(=O)O)C2)n1. The van der Waals surface area contributed by atoms with Crippen molar-refractivity contribution >= 4 is 17.8 Å². The van der Waals surface area contributed by atoms with Gasteiger partial charge in [0.05, 0.1) is 17.2 Å². The number of carboxylic acid groups (broad SMARTS) is 1. The van der Waals surface area contributed by atoms with Crippen LogP contribution < -0.4 is 5.32 Å². The molecule has 1 fully saturated rings. The van der Waals surface area contributed by atoms with E-state index >= 15 is 0 Å². The van der Waals surface area contributed by atoms with Crippen LogP contribution in [0.3, 0.4) is 0 Å². The first-order valence-electron chi connectivity index (χ1n) is 7.52. The Bertz CT molecular complexity index is 873. The topological polar surface area (TPSA) is 111 Å². The standard InChI is InChI=1S/C16H14FN5O3/c17-12-1-2-13(11(7-12)8-18)22-6-4-14(20-22)19-16(25)21-5-3-10(9-21)15(23)24/h1-2,4,6-7,10H,3,5,9H2,(H,23,24)(H,19,20,25). The van der Waals surface area contributed by atoms with Gasteiger partial charge in [-0.2, -0.15) is 5.26 Å². The molecule has 0 aliphatic carbocycles. The fourth-order valence-electron chi connectivity index (χ4n) is 2.66. The van der Waals surface area contributed by atoms with Gasteiger partial charge in [0, 0.05) is 25.4 Å². The Morgan fingerprint density at radius 3 is 2.88 bits per heavy atom. The zero-order valence-corrected chi connectivity index (χ0v) is 13.0. The fraction of sp³-hybridized carbons (Fsp3) is 0.250. The van der Waals surface area contributed by atoms with E-state index in [9.17, 15) is 14.0 Å². The number of likely N-dealkylation sites (tertiary alicyclic amines) is 1. The Morgan fingerprint density at radius 2 is 2.20 bits per heavy atom. The first-order valence-corrected chi connectivity index (χ1v) is 7.52. The summed E-state index contributed by atoms with van der Waals surface area (Å²) in [6, 6.07) is 6.73. The van der Waals surface area contributed by atoms with E-state index in [0.717, 1.165) is 6.07 Å². The van der Waals surface area contributed by atoms with Crippen molar-refractivity contribution in [2.45, 2.75) is 6.42 Å². The molecule has 2 N–H and O–H groups in total. The van der Waals surface area contributed by atoms with Crippen LogP contribution in [-0.2, 0) is 4.79 Å². The molecule has 2 heterocycles. The Labute approximate surface area is 142 Å². The van der Waals surface area contributed by atoms with Gasteiger partial charge in [0.15, 0.2) is 5.82 Å². The van der Waals surface area contributed by atoms with E-state index in [0.29, 0.717) is 18.7 Å². The van der Waals surface area contributed by atoms with E-state index in [1.165, 1.54) is 34.0 Å². The maximum Gasteiger partial charge on any atom is 0.323 e. The summed E-state index contributed by atoms with van der Waals surface area (Å²) in [5.41, 5.74) is 0.501. The van der Waals surface area contributed by atoms with Crippen LogP contribution >= 0.6 is 0 Å². The van der Waals surface area contributed by atoms with E-state index in [1.54, 1.807) is 0 Å². The van der Waals surface area contributed by atoms with Gasteiger partial charge in [0.2, 0.25) is 0 Å². The molecule has 2 amide bonds. The van der Waals surface area contributed by atoms with E-state index in [-0.39, 0.29) is 17.9 Å². The van der Waals surface area contributed by atoms with Crippen molar-refractivity contribution in [3.8, 4) is 11.8 Å². The number of carbonyl (C=O) groups is 2. The molecule has 1 aliphatic rings. The second-order valence-electron chi connectivity index (χ2n) is 5.62. The highest BCUT2D eigenvalue weighted by Gasteiger charge is 2.31. The summed E-state index contributed by atoms with van der Waals surface area (Å²) in [7, 11) is 0. The van der Waals surface area contributed by atoms with Crippen molar-refractivity contribution in [3.63, 3.8) is 0 Å². The highest BCUT2D eigenvalue weighted by Crippen LogP contribution is 2.19. The summed E-state index contributed by atoms with van der Waals surface area (Å²) >= 11 is 0. The van der Waals surface area contributed by atoms with Gasteiger partial charge in [-0.05, 0) is 24.6 Å². The largest absolute Gasteiger partial charge is 0.481 e. The molecule has 1 atom stereocenters. The minimum atomic E-state index is -0.917. The second-order valence-corrected chi connectivity index (χ2v) is 5.62. The Balaban J connectivity index is 1.72. The zero-order chi connectivity index (χ0) is 18.0. The molecule has 25 heavy (non-hydrogen) atoms. The lowest BCUT2D eigenvalue weighted by Gasteiger charge is -2.15. The summed E-state index contributed by atoms with van der Waals surface area (Å²) in [6.07, 6.45) is 1.95. The average Bonchev–Trinajstić information content (AvgIpc) is 3.24. The van der Waals surface area contributed by atoms with Crippen LogP contribution in [0.5, 0.6) is 0 Å². The zero-order valence-electron chi connectivity index (χ0n) is 13.0. The molecule has 3 rings (SSSR count). The van der Waals surface area contributed by atoms with Crippen LogP contribution in [0.4, 0.5) is 15.0 Å². The predicted octanol–water partition coefficient (Wildman–Crippen LogP) is 1.82. The van der Waals surface area contributed by atoms with Gasteiger partial charge < -0.3 is 10.0 Å². The minimum absolute atomic E-state index is 0.116. The molecular weight excluding hydrogens is 329 g/mol. The number of carboxylic acids is 1. The second kappa shape index (κ2) is 6.60. The molecule has 8 nitrogen and oxygen atoms in total. The molecule has 1 aliphatic heterocycles. The Hall–Kier alpha value is -3.41. The number of nitrogens with zero attached hydrogens (tertiary/aromatic N) is 4. The first kappa shape index (κ1) is 16.4. The van der Waals surface area contributed by atoms with E-state index in [2.05, 4.69) is 10.4 Å². The van der Waals surface area contributed by atoms with Gasteiger partial charge >= 0.3 is 12.0 Å². The number of aliphatic carboxylic acids is 1. The summed E-state index contributed by atoms with van der Waals surface area (Å²) in [4.78, 5) is 24.5. The molecule has 0 saturated carbocycles. The number of nitrogens with one attached hydrogen (secondary N) is 1. The quantitative estimate of drug-likeness (QED) is 0.883. The monoisotopic (exact) mass is 343 g/mol. The van der Waals surface area contributed by atoms with Crippen molar-refractivity contribution in [3.05, 3.63) is 41.8 Å².